The van der Waals surface area contributed by atoms with Gasteiger partial charge < -0.3 is 9.64 Å². The molecular formula is C28H34F3N3O7S2. The second-order valence-corrected chi connectivity index (χ2v) is 15.2. The summed E-state index contributed by atoms with van der Waals surface area (Å²) in [5, 5.41) is 0. The number of sulfone groups is 1. The lowest BCUT2D eigenvalue weighted by Crippen LogP contribution is -2.53. The molecule has 10 nitrogen and oxygen atoms in total. The van der Waals surface area contributed by atoms with Crippen LogP contribution in [0.1, 0.15) is 52.0 Å². The fourth-order valence-corrected chi connectivity index (χ4v) is 8.08. The van der Waals surface area contributed by atoms with Crippen LogP contribution in [0.4, 0.5) is 18.0 Å². The smallest absolute Gasteiger partial charge is 0.417 e. The van der Waals surface area contributed by atoms with Gasteiger partial charge in [0.15, 0.2) is 0 Å². The summed E-state index contributed by atoms with van der Waals surface area (Å²) in [4.78, 5) is 26.8. The van der Waals surface area contributed by atoms with Crippen LogP contribution in [0.3, 0.4) is 0 Å². The first-order chi connectivity index (χ1) is 19.9. The number of likely N-dealkylation sites (tertiary alicyclic amines) is 2. The highest BCUT2D eigenvalue weighted by Gasteiger charge is 2.41. The van der Waals surface area contributed by atoms with Gasteiger partial charge in [-0.1, -0.05) is 18.2 Å². The summed E-state index contributed by atoms with van der Waals surface area (Å²) in [6.45, 7) is 5.75. The Kier molecular flexibility index (Phi) is 9.20. The molecule has 1 N–H and O–H groups in total. The molecule has 1 atom stereocenters. The van der Waals surface area contributed by atoms with Crippen molar-refractivity contribution in [2.45, 2.75) is 85.0 Å². The third kappa shape index (κ3) is 7.50. The van der Waals surface area contributed by atoms with Gasteiger partial charge in [-0.3, -0.25) is 9.69 Å². The van der Waals surface area contributed by atoms with Crippen LogP contribution in [0.2, 0.25) is 0 Å². The molecule has 2 aliphatic heterocycles. The van der Waals surface area contributed by atoms with Gasteiger partial charge in [-0.2, -0.15) is 13.2 Å². The summed E-state index contributed by atoms with van der Waals surface area (Å²) in [6.07, 6.45) is -4.39. The molecule has 2 fully saturated rings. The Morgan fingerprint density at radius 3 is 2.09 bits per heavy atom. The number of nitrogens with one attached hydrogen (secondary N) is 1. The van der Waals surface area contributed by atoms with E-state index in [1.165, 1.54) is 34.1 Å². The number of halogens is 3. The molecule has 2 heterocycles. The number of ether oxygens (including phenoxy) is 1. The van der Waals surface area contributed by atoms with Gasteiger partial charge in [0.2, 0.25) is 25.8 Å². The highest BCUT2D eigenvalue weighted by molar-refractivity contribution is 7.91. The SMILES string of the molecule is CC(C)(C)OC(=O)N1CCC[C@@H]1C(=O)N1CCC(NS(=O)(=O)c2cc(S(=O)(=O)c3ccccc3)ccc2C(F)(F)F)CC1. The molecule has 2 aromatic rings. The molecule has 0 aromatic heterocycles. The molecule has 0 radical (unpaired) electrons. The number of hydrogen-bond donors (Lipinski definition) is 1. The molecule has 43 heavy (non-hydrogen) atoms. The monoisotopic (exact) mass is 645 g/mol. The van der Waals surface area contributed by atoms with Crippen LogP contribution < -0.4 is 4.72 Å². The fourth-order valence-electron chi connectivity index (χ4n) is 5.14. The zero-order chi connectivity index (χ0) is 31.8. The number of carbonyl (C=O) groups excluding carboxylic acids is 2. The first-order valence-corrected chi connectivity index (χ1v) is 16.7. The highest BCUT2D eigenvalue weighted by atomic mass is 32.2. The van der Waals surface area contributed by atoms with Crippen LogP contribution in [0.5, 0.6) is 0 Å². The lowest BCUT2D eigenvalue weighted by molar-refractivity contribution is -0.140. The maximum Gasteiger partial charge on any atom is 0.417 e. The second-order valence-electron chi connectivity index (χ2n) is 11.5. The number of hydrogen-bond acceptors (Lipinski definition) is 7. The second kappa shape index (κ2) is 12.1. The van der Waals surface area contributed by atoms with Crippen LogP contribution in [0, 0.1) is 0 Å². The number of rotatable bonds is 6. The molecule has 2 aromatic carbocycles. The summed E-state index contributed by atoms with van der Waals surface area (Å²) in [5.74, 6) is -0.303. The summed E-state index contributed by atoms with van der Waals surface area (Å²) >= 11 is 0. The van der Waals surface area contributed by atoms with E-state index in [1.54, 1.807) is 26.8 Å². The largest absolute Gasteiger partial charge is 0.444 e. The minimum absolute atomic E-state index is 0.105. The van der Waals surface area contributed by atoms with E-state index in [0.29, 0.717) is 31.5 Å². The van der Waals surface area contributed by atoms with Gasteiger partial charge in [0.1, 0.15) is 11.6 Å². The Bertz CT molecular complexity index is 1570. The summed E-state index contributed by atoms with van der Waals surface area (Å²) in [6, 6.07) is 7.14. The van der Waals surface area contributed by atoms with Gasteiger partial charge in [0.25, 0.3) is 0 Å². The third-order valence-electron chi connectivity index (χ3n) is 7.21. The third-order valence-corrected chi connectivity index (χ3v) is 10.5. The quantitative estimate of drug-likeness (QED) is 0.498. The number of alkyl halides is 3. The number of carbonyl (C=O) groups is 2. The Balaban J connectivity index is 1.49. The van der Waals surface area contributed by atoms with Crippen molar-refractivity contribution in [3.05, 3.63) is 54.1 Å². The number of piperidine rings is 1. The van der Waals surface area contributed by atoms with Crippen molar-refractivity contribution >= 4 is 31.9 Å². The number of benzene rings is 2. The highest BCUT2D eigenvalue weighted by Crippen LogP contribution is 2.36. The Morgan fingerprint density at radius 2 is 1.51 bits per heavy atom. The predicted molar refractivity (Wildman–Crippen MR) is 149 cm³/mol. The van der Waals surface area contributed by atoms with Gasteiger partial charge in [0.05, 0.1) is 20.2 Å². The van der Waals surface area contributed by atoms with Crippen LogP contribution in [0.25, 0.3) is 0 Å². The first-order valence-electron chi connectivity index (χ1n) is 13.7. The van der Waals surface area contributed by atoms with Gasteiger partial charge in [-0.25, -0.2) is 26.4 Å². The maximum absolute atomic E-state index is 13.9. The van der Waals surface area contributed by atoms with Gasteiger partial charge in [0, 0.05) is 25.7 Å². The molecule has 2 amide bonds. The molecule has 4 rings (SSSR count). The van der Waals surface area contributed by atoms with E-state index in [0.717, 1.165) is 6.07 Å². The van der Waals surface area contributed by atoms with E-state index in [-0.39, 0.29) is 36.7 Å². The van der Waals surface area contributed by atoms with Crippen molar-refractivity contribution in [3.63, 3.8) is 0 Å². The molecule has 2 aliphatic rings. The van der Waals surface area contributed by atoms with Crippen molar-refractivity contribution < 1.29 is 44.3 Å². The Morgan fingerprint density at radius 1 is 0.884 bits per heavy atom. The van der Waals surface area contributed by atoms with E-state index >= 15 is 0 Å². The summed E-state index contributed by atoms with van der Waals surface area (Å²) < 4.78 is 102. The van der Waals surface area contributed by atoms with Gasteiger partial charge in [-0.15, -0.1) is 0 Å². The summed E-state index contributed by atoms with van der Waals surface area (Å²) in [5.41, 5.74) is -2.23. The van der Waals surface area contributed by atoms with E-state index in [9.17, 15) is 39.6 Å². The lowest BCUT2D eigenvalue weighted by Gasteiger charge is -2.36. The van der Waals surface area contributed by atoms with Crippen LogP contribution in [-0.2, 0) is 35.6 Å². The average Bonchev–Trinajstić information content (AvgIpc) is 3.42. The van der Waals surface area contributed by atoms with Gasteiger partial charge in [-0.05, 0) is 76.8 Å². The molecule has 0 bridgehead atoms. The lowest BCUT2D eigenvalue weighted by atomic mass is 10.0. The molecule has 0 saturated carbocycles. The Labute approximate surface area is 249 Å². The zero-order valence-electron chi connectivity index (χ0n) is 23.9. The van der Waals surface area contributed by atoms with Crippen molar-refractivity contribution in [2.75, 3.05) is 19.6 Å². The van der Waals surface area contributed by atoms with E-state index in [2.05, 4.69) is 4.72 Å². The predicted octanol–water partition coefficient (Wildman–Crippen LogP) is 4.21. The van der Waals surface area contributed by atoms with Crippen molar-refractivity contribution in [2.24, 2.45) is 0 Å². The van der Waals surface area contributed by atoms with E-state index in [4.69, 9.17) is 4.74 Å². The van der Waals surface area contributed by atoms with Crippen molar-refractivity contribution in [1.29, 1.82) is 0 Å². The molecule has 0 spiro atoms. The number of nitrogens with zero attached hydrogens (tertiary/aromatic N) is 2. The van der Waals surface area contributed by atoms with Crippen LogP contribution in [-0.4, -0.2) is 76.0 Å². The topological polar surface area (TPSA) is 130 Å². The minimum Gasteiger partial charge on any atom is -0.444 e. The molecular weight excluding hydrogens is 611 g/mol. The minimum atomic E-state index is -5.07. The average molecular weight is 646 g/mol. The number of amides is 2. The van der Waals surface area contributed by atoms with Crippen molar-refractivity contribution in [3.8, 4) is 0 Å². The molecule has 15 heteroatoms. The Hall–Kier alpha value is -3.17. The molecule has 0 unspecified atom stereocenters. The molecule has 0 aliphatic carbocycles. The molecule has 2 saturated heterocycles. The first kappa shape index (κ1) is 32.7. The maximum atomic E-state index is 13.9. The molecule has 236 valence electrons. The van der Waals surface area contributed by atoms with Gasteiger partial charge >= 0.3 is 12.3 Å². The van der Waals surface area contributed by atoms with Crippen LogP contribution >= 0.6 is 0 Å². The van der Waals surface area contributed by atoms with E-state index < -0.39 is 65.2 Å². The zero-order valence-corrected chi connectivity index (χ0v) is 25.6. The number of sulfonamides is 1. The van der Waals surface area contributed by atoms with E-state index in [1.807, 2.05) is 0 Å². The van der Waals surface area contributed by atoms with Crippen molar-refractivity contribution in [1.82, 2.24) is 14.5 Å². The normalized spacial score (nSPS) is 19.0. The van der Waals surface area contributed by atoms with Crippen LogP contribution in [0.15, 0.2) is 63.2 Å². The fraction of sp³-hybridized carbons (Fsp3) is 0.500. The summed E-state index contributed by atoms with van der Waals surface area (Å²) in [7, 11) is -9.14. The standard InChI is InChI=1S/C28H34F3N3O7S2/c1-27(2,3)41-26(36)34-15-7-10-23(34)25(35)33-16-13-19(14-17-33)32-43(39,40)24-18-21(11-12-22(24)28(29,30)31)42(37,38)20-8-5-4-6-9-20/h4-6,8-9,11-12,18-19,23,32H,7,10,13-17H2,1-3H3/t23-/m1/s1.